The van der Waals surface area contributed by atoms with Crippen LogP contribution in [0.5, 0.6) is 5.75 Å². The molecular weight excluding hydrogens is 462 g/mol. The first-order chi connectivity index (χ1) is 16.5. The lowest BCUT2D eigenvalue weighted by Crippen LogP contribution is -2.52. The van der Waals surface area contributed by atoms with Gasteiger partial charge in [0.05, 0.1) is 10.5 Å². The number of carbonyl (C=O) groups is 1. The Morgan fingerprint density at radius 3 is 2.57 bits per heavy atom. The Balaban J connectivity index is 1.40. The maximum absolute atomic E-state index is 12.9. The van der Waals surface area contributed by atoms with Crippen molar-refractivity contribution in [2.45, 2.75) is 62.4 Å². The maximum Gasteiger partial charge on any atom is 0.338 e. The molecule has 0 saturated heterocycles. The van der Waals surface area contributed by atoms with Crippen molar-refractivity contribution in [2.24, 2.45) is 28.3 Å². The van der Waals surface area contributed by atoms with Crippen LogP contribution in [-0.2, 0) is 26.6 Å². The Morgan fingerprint density at radius 1 is 1.20 bits per heavy atom. The van der Waals surface area contributed by atoms with Gasteiger partial charge in [-0.2, -0.15) is 0 Å². The molecular formula is C28H33NO5S. The fourth-order valence-corrected chi connectivity index (χ4v) is 8.06. The Morgan fingerprint density at radius 2 is 1.91 bits per heavy atom. The first-order valence-corrected chi connectivity index (χ1v) is 13.8. The number of phenolic OH excluding ortho intramolecular Hbond substituents is 1. The van der Waals surface area contributed by atoms with Gasteiger partial charge < -0.3 is 9.84 Å². The average molecular weight is 496 g/mol. The van der Waals surface area contributed by atoms with E-state index in [0.29, 0.717) is 29.1 Å². The molecule has 6 nitrogen and oxygen atoms in total. The molecule has 0 aliphatic heterocycles. The van der Waals surface area contributed by atoms with Gasteiger partial charge in [0.1, 0.15) is 11.9 Å². The van der Waals surface area contributed by atoms with Gasteiger partial charge >= 0.3 is 5.97 Å². The minimum Gasteiger partial charge on any atom is -0.508 e. The van der Waals surface area contributed by atoms with Gasteiger partial charge in [-0.05, 0) is 103 Å². The van der Waals surface area contributed by atoms with Crippen LogP contribution in [0.2, 0.25) is 0 Å². The normalized spacial score (nSPS) is 33.8. The van der Waals surface area contributed by atoms with E-state index in [1.807, 2.05) is 6.07 Å². The molecule has 0 amide bonds. The van der Waals surface area contributed by atoms with Crippen LogP contribution in [0.15, 0.2) is 60.0 Å². The van der Waals surface area contributed by atoms with E-state index in [4.69, 9.17) is 9.88 Å². The van der Waals surface area contributed by atoms with Crippen molar-refractivity contribution in [1.29, 1.82) is 0 Å². The number of sulfonamides is 1. The van der Waals surface area contributed by atoms with Gasteiger partial charge in [-0.15, -0.1) is 6.58 Å². The molecule has 2 saturated carbocycles. The summed E-state index contributed by atoms with van der Waals surface area (Å²) in [7, 11) is -3.81. The third-order valence-corrected chi connectivity index (χ3v) is 9.98. The van der Waals surface area contributed by atoms with Gasteiger partial charge in [-0.25, -0.2) is 18.4 Å². The zero-order valence-corrected chi connectivity index (χ0v) is 21.1. The summed E-state index contributed by atoms with van der Waals surface area (Å²) in [6, 6.07) is 11.3. The lowest BCUT2D eigenvalue weighted by molar-refractivity contribution is -0.000314. The second-order valence-corrected chi connectivity index (χ2v) is 12.7. The van der Waals surface area contributed by atoms with Gasteiger partial charge in [0.15, 0.2) is 0 Å². The Hall–Kier alpha value is -2.64. The van der Waals surface area contributed by atoms with Crippen molar-refractivity contribution in [1.82, 2.24) is 0 Å². The van der Waals surface area contributed by atoms with E-state index in [1.165, 1.54) is 35.4 Å². The number of hydrogen-bond acceptors (Lipinski definition) is 5. The molecule has 0 aromatic heterocycles. The molecule has 5 rings (SSSR count). The van der Waals surface area contributed by atoms with E-state index in [9.17, 15) is 18.3 Å². The topological polar surface area (TPSA) is 107 Å². The highest BCUT2D eigenvalue weighted by Gasteiger charge is 2.60. The summed E-state index contributed by atoms with van der Waals surface area (Å²) < 4.78 is 29.0. The van der Waals surface area contributed by atoms with Gasteiger partial charge in [0.25, 0.3) is 0 Å². The van der Waals surface area contributed by atoms with Crippen LogP contribution in [0.4, 0.5) is 0 Å². The van der Waals surface area contributed by atoms with Crippen LogP contribution >= 0.6 is 0 Å². The fourth-order valence-electron chi connectivity index (χ4n) is 7.54. The van der Waals surface area contributed by atoms with E-state index in [-0.39, 0.29) is 21.8 Å². The van der Waals surface area contributed by atoms with Crippen LogP contribution < -0.4 is 5.14 Å². The lowest BCUT2D eigenvalue weighted by Gasteiger charge is -2.57. The number of hydrogen-bond donors (Lipinski definition) is 2. The number of benzene rings is 2. The Bertz CT molecular complexity index is 1290. The van der Waals surface area contributed by atoms with Gasteiger partial charge in [0, 0.05) is 5.41 Å². The van der Waals surface area contributed by atoms with Gasteiger partial charge in [0.2, 0.25) is 10.0 Å². The van der Waals surface area contributed by atoms with Gasteiger partial charge in [-0.3, -0.25) is 0 Å². The second-order valence-electron chi connectivity index (χ2n) is 11.1. The Kier molecular flexibility index (Phi) is 5.64. The molecule has 35 heavy (non-hydrogen) atoms. The van der Waals surface area contributed by atoms with Crippen molar-refractivity contribution in [3.05, 3.63) is 71.8 Å². The van der Waals surface area contributed by atoms with Crippen molar-refractivity contribution in [2.75, 3.05) is 0 Å². The van der Waals surface area contributed by atoms with Crippen molar-refractivity contribution < 1.29 is 23.1 Å². The number of primary sulfonamides is 1. The maximum atomic E-state index is 12.9. The summed E-state index contributed by atoms with van der Waals surface area (Å²) in [5.41, 5.74) is 2.74. The summed E-state index contributed by atoms with van der Waals surface area (Å²) in [4.78, 5) is 12.9. The van der Waals surface area contributed by atoms with Crippen molar-refractivity contribution in [3.8, 4) is 5.75 Å². The van der Waals surface area contributed by atoms with Crippen LogP contribution in [0.3, 0.4) is 0 Å². The number of esters is 1. The van der Waals surface area contributed by atoms with Crippen LogP contribution in [0.25, 0.3) is 0 Å². The predicted molar refractivity (Wildman–Crippen MR) is 133 cm³/mol. The van der Waals surface area contributed by atoms with E-state index < -0.39 is 16.0 Å². The summed E-state index contributed by atoms with van der Waals surface area (Å²) in [6.07, 6.45) is 6.49. The number of ether oxygens (including phenoxy) is 1. The SMILES string of the molecule is C=C[C@]12CC[C@]3(C)C[C@H](OC(=O)c4ccc(S(N)(=O)=O)cc4)CC3C1[C@H](C)Cc1cc(O)ccc12. The first-order valence-electron chi connectivity index (χ1n) is 12.3. The highest BCUT2D eigenvalue weighted by Crippen LogP contribution is 2.65. The molecule has 186 valence electrons. The summed E-state index contributed by atoms with van der Waals surface area (Å²) in [5.74, 6) is 1.04. The van der Waals surface area contributed by atoms with Crippen LogP contribution in [0.1, 0.15) is 61.0 Å². The molecule has 0 radical (unpaired) electrons. The molecule has 3 N–H and O–H groups in total. The number of nitrogens with two attached hydrogens (primary N) is 1. The number of fused-ring (bicyclic) bond motifs is 5. The number of phenols is 1. The smallest absolute Gasteiger partial charge is 0.338 e. The van der Waals surface area contributed by atoms with E-state index in [0.717, 1.165) is 32.1 Å². The number of carbonyl (C=O) groups excluding carboxylic acids is 1. The van der Waals surface area contributed by atoms with Crippen molar-refractivity contribution in [3.63, 3.8) is 0 Å². The minimum absolute atomic E-state index is 0.0332. The quantitative estimate of drug-likeness (QED) is 0.472. The molecule has 0 spiro atoms. The third kappa shape index (κ3) is 3.89. The monoisotopic (exact) mass is 495 g/mol. The van der Waals surface area contributed by atoms with Crippen molar-refractivity contribution >= 4 is 16.0 Å². The molecule has 3 aliphatic carbocycles. The molecule has 2 aromatic rings. The van der Waals surface area contributed by atoms with E-state index in [2.05, 4.69) is 32.6 Å². The summed E-state index contributed by atoms with van der Waals surface area (Å²) in [6.45, 7) is 8.92. The van der Waals surface area contributed by atoms with Gasteiger partial charge in [-0.1, -0.05) is 26.0 Å². The van der Waals surface area contributed by atoms with Crippen LogP contribution in [-0.4, -0.2) is 25.6 Å². The zero-order valence-electron chi connectivity index (χ0n) is 20.2. The molecule has 2 aromatic carbocycles. The number of aromatic hydroxyl groups is 1. The van der Waals surface area contributed by atoms with Crippen LogP contribution in [0, 0.1) is 23.2 Å². The third-order valence-electron chi connectivity index (χ3n) is 9.05. The highest BCUT2D eigenvalue weighted by molar-refractivity contribution is 7.89. The average Bonchev–Trinajstić information content (AvgIpc) is 3.13. The molecule has 0 heterocycles. The molecule has 7 heteroatoms. The minimum atomic E-state index is -3.81. The zero-order chi connectivity index (χ0) is 25.2. The number of allylic oxidation sites excluding steroid dienone is 1. The molecule has 2 fully saturated rings. The molecule has 2 unspecified atom stereocenters. The Labute approximate surface area is 207 Å². The largest absolute Gasteiger partial charge is 0.508 e. The standard InChI is InChI=1S/C28H33NO5S/c1-4-28-12-11-27(3)16-21(34-26(31)18-5-8-22(9-6-18)35(29,32)33)15-24(27)25(28)17(2)13-19-14-20(30)7-10-23(19)28/h4-10,14,17,21,24-25,30H,1,11-13,15-16H2,2-3H3,(H2,29,32,33)/t17-,21-,24?,25?,27-,28-/m1/s1. The van der Waals surface area contributed by atoms with E-state index >= 15 is 0 Å². The molecule has 0 bridgehead atoms. The summed E-state index contributed by atoms with van der Waals surface area (Å²) in [5, 5.41) is 15.2. The highest BCUT2D eigenvalue weighted by atomic mass is 32.2. The lowest BCUT2D eigenvalue weighted by atomic mass is 9.46. The molecule has 6 atom stereocenters. The predicted octanol–water partition coefficient (Wildman–Crippen LogP) is 4.71. The van der Waals surface area contributed by atoms with E-state index in [1.54, 1.807) is 6.07 Å². The summed E-state index contributed by atoms with van der Waals surface area (Å²) >= 11 is 0. The first kappa shape index (κ1) is 24.1. The number of rotatable bonds is 4. The fraction of sp³-hybridized carbons (Fsp3) is 0.464. The molecule has 3 aliphatic rings. The second kappa shape index (κ2) is 8.20.